The minimum absolute atomic E-state index is 0.0950. The van der Waals surface area contributed by atoms with Crippen molar-refractivity contribution in [3.8, 4) is 0 Å². The molecule has 7 heteroatoms. The summed E-state index contributed by atoms with van der Waals surface area (Å²) in [6, 6.07) is 10.3. The number of benzene rings is 2. The first-order valence-corrected chi connectivity index (χ1v) is 8.21. The quantitative estimate of drug-likeness (QED) is 0.764. The highest BCUT2D eigenvalue weighted by Gasteiger charge is 2.22. The highest BCUT2D eigenvalue weighted by Crippen LogP contribution is 2.26. The smallest absolute Gasteiger partial charge is 0.307 e. The topological polar surface area (TPSA) is 55.4 Å². The summed E-state index contributed by atoms with van der Waals surface area (Å²) >= 11 is 12.1. The van der Waals surface area contributed by atoms with E-state index in [0.717, 1.165) is 0 Å². The van der Waals surface area contributed by atoms with E-state index in [1.807, 2.05) is 0 Å². The Hall–Kier alpha value is -2.11. The predicted molar refractivity (Wildman–Crippen MR) is 94.1 cm³/mol. The molecule has 0 heterocycles. The molecule has 1 amide bonds. The van der Waals surface area contributed by atoms with Gasteiger partial charge in [-0.25, -0.2) is 4.39 Å². The van der Waals surface area contributed by atoms with Crippen LogP contribution in [0.5, 0.6) is 0 Å². The van der Waals surface area contributed by atoms with Gasteiger partial charge in [0.05, 0.1) is 26.0 Å². The second-order valence-electron chi connectivity index (χ2n) is 5.30. The van der Waals surface area contributed by atoms with Crippen molar-refractivity contribution in [2.24, 2.45) is 0 Å². The Morgan fingerprint density at radius 1 is 1.12 bits per heavy atom. The maximum absolute atomic E-state index is 13.8. The van der Waals surface area contributed by atoms with Gasteiger partial charge in [0.2, 0.25) is 5.91 Å². The Kier molecular flexibility index (Phi) is 6.79. The summed E-state index contributed by atoms with van der Waals surface area (Å²) in [5, 5.41) is 3.26. The van der Waals surface area contributed by atoms with Crippen molar-refractivity contribution in [3.05, 3.63) is 69.5 Å². The van der Waals surface area contributed by atoms with Gasteiger partial charge in [0.25, 0.3) is 0 Å². The van der Waals surface area contributed by atoms with Gasteiger partial charge in [-0.2, -0.15) is 0 Å². The zero-order valence-electron chi connectivity index (χ0n) is 13.4. The van der Waals surface area contributed by atoms with Gasteiger partial charge < -0.3 is 10.1 Å². The number of hydrogen-bond donors (Lipinski definition) is 1. The predicted octanol–water partition coefficient (Wildman–Crippen LogP) is 4.10. The van der Waals surface area contributed by atoms with E-state index in [1.54, 1.807) is 24.3 Å². The second kappa shape index (κ2) is 8.83. The molecular formula is C18H16Cl2FNO3. The number of halogens is 3. The molecule has 1 unspecified atom stereocenters. The molecule has 0 aliphatic carbocycles. The highest BCUT2D eigenvalue weighted by atomic mass is 35.5. The molecule has 0 saturated heterocycles. The van der Waals surface area contributed by atoms with Crippen LogP contribution in [0.15, 0.2) is 42.5 Å². The van der Waals surface area contributed by atoms with Gasteiger partial charge in [-0.1, -0.05) is 47.5 Å². The first-order chi connectivity index (χ1) is 11.9. The van der Waals surface area contributed by atoms with Crippen molar-refractivity contribution >= 4 is 35.1 Å². The zero-order valence-corrected chi connectivity index (χ0v) is 14.9. The number of nitrogens with one attached hydrogen (secondary N) is 1. The van der Waals surface area contributed by atoms with E-state index in [0.29, 0.717) is 10.6 Å². The number of carbonyl (C=O) groups is 2. The van der Waals surface area contributed by atoms with Crippen LogP contribution in [0.1, 0.15) is 23.6 Å². The largest absolute Gasteiger partial charge is 0.469 e. The molecular weight excluding hydrogens is 368 g/mol. The van der Waals surface area contributed by atoms with E-state index in [1.165, 1.54) is 25.3 Å². The minimum atomic E-state index is -0.695. The van der Waals surface area contributed by atoms with Crippen LogP contribution in [0.2, 0.25) is 10.0 Å². The molecule has 0 aromatic heterocycles. The molecule has 2 aromatic rings. The van der Waals surface area contributed by atoms with Crippen molar-refractivity contribution in [2.45, 2.75) is 18.9 Å². The number of carbonyl (C=O) groups excluding carboxylic acids is 2. The van der Waals surface area contributed by atoms with Crippen LogP contribution in [0.25, 0.3) is 0 Å². The third-order valence-corrected chi connectivity index (χ3v) is 4.31. The lowest BCUT2D eigenvalue weighted by Gasteiger charge is -2.19. The van der Waals surface area contributed by atoms with Gasteiger partial charge in [0.1, 0.15) is 5.82 Å². The normalized spacial score (nSPS) is 11.7. The number of ether oxygens (including phenoxy) is 1. The fourth-order valence-corrected chi connectivity index (χ4v) is 2.85. The summed E-state index contributed by atoms with van der Waals surface area (Å²) in [6.45, 7) is 0. The average molecular weight is 384 g/mol. The molecule has 0 bridgehead atoms. The molecule has 2 aromatic carbocycles. The summed E-state index contributed by atoms with van der Waals surface area (Å²) in [5.74, 6) is -1.56. The van der Waals surface area contributed by atoms with Crippen LogP contribution in [-0.4, -0.2) is 19.0 Å². The minimum Gasteiger partial charge on any atom is -0.469 e. The maximum Gasteiger partial charge on any atom is 0.307 e. The van der Waals surface area contributed by atoms with Gasteiger partial charge in [0, 0.05) is 15.6 Å². The van der Waals surface area contributed by atoms with Crippen LogP contribution < -0.4 is 5.32 Å². The van der Waals surface area contributed by atoms with Crippen LogP contribution in [0.3, 0.4) is 0 Å². The van der Waals surface area contributed by atoms with Crippen molar-refractivity contribution < 1.29 is 18.7 Å². The lowest BCUT2D eigenvalue weighted by molar-refractivity contribution is -0.141. The van der Waals surface area contributed by atoms with E-state index in [2.05, 4.69) is 10.1 Å². The van der Waals surface area contributed by atoms with Crippen molar-refractivity contribution in [2.75, 3.05) is 7.11 Å². The monoisotopic (exact) mass is 383 g/mol. The first kappa shape index (κ1) is 19.2. The second-order valence-corrected chi connectivity index (χ2v) is 6.11. The molecule has 4 nitrogen and oxygen atoms in total. The first-order valence-electron chi connectivity index (χ1n) is 7.46. The fraction of sp³-hybridized carbons (Fsp3) is 0.222. The number of amides is 1. The number of rotatable bonds is 6. The third-order valence-electron chi connectivity index (χ3n) is 3.61. The fourth-order valence-electron chi connectivity index (χ4n) is 2.35. The molecule has 2 rings (SSSR count). The Bertz CT molecular complexity index is 762. The molecule has 0 radical (unpaired) electrons. The van der Waals surface area contributed by atoms with E-state index in [4.69, 9.17) is 23.2 Å². The molecule has 1 N–H and O–H groups in total. The van der Waals surface area contributed by atoms with Crippen molar-refractivity contribution in [3.63, 3.8) is 0 Å². The summed E-state index contributed by atoms with van der Waals surface area (Å²) in [6.07, 6.45) is -0.357. The van der Waals surface area contributed by atoms with E-state index in [-0.39, 0.29) is 23.4 Å². The summed E-state index contributed by atoms with van der Waals surface area (Å²) in [7, 11) is 1.26. The molecule has 0 aliphatic rings. The number of methoxy groups -OCH3 is 1. The molecule has 0 aliphatic heterocycles. The van der Waals surface area contributed by atoms with Crippen molar-refractivity contribution in [1.82, 2.24) is 5.32 Å². The van der Waals surface area contributed by atoms with Gasteiger partial charge >= 0.3 is 5.97 Å². The van der Waals surface area contributed by atoms with Crippen LogP contribution in [0, 0.1) is 5.82 Å². The summed E-state index contributed by atoms with van der Waals surface area (Å²) < 4.78 is 18.5. The third kappa shape index (κ3) is 5.18. The Morgan fingerprint density at radius 3 is 2.44 bits per heavy atom. The highest BCUT2D eigenvalue weighted by molar-refractivity contribution is 6.31. The standard InChI is InChI=1S/C18H16Cl2FNO3/c1-25-18(24)10-16(11-5-2-3-6-13(11)19)22-17(23)9-12-14(20)7-4-8-15(12)21/h2-8,16H,9-10H2,1H3,(H,22,23). The number of esters is 1. The van der Waals surface area contributed by atoms with Gasteiger partial charge in [-0.15, -0.1) is 0 Å². The van der Waals surface area contributed by atoms with Gasteiger partial charge in [-0.05, 0) is 23.8 Å². The van der Waals surface area contributed by atoms with Gasteiger partial charge in [0.15, 0.2) is 0 Å². The van der Waals surface area contributed by atoms with Gasteiger partial charge in [-0.3, -0.25) is 9.59 Å². The molecule has 0 fully saturated rings. The average Bonchev–Trinajstić information content (AvgIpc) is 2.58. The Balaban J connectivity index is 2.20. The molecule has 132 valence electrons. The molecule has 0 saturated carbocycles. The summed E-state index contributed by atoms with van der Waals surface area (Å²) in [5.41, 5.74) is 0.667. The lowest BCUT2D eigenvalue weighted by atomic mass is 10.0. The molecule has 25 heavy (non-hydrogen) atoms. The number of hydrogen-bond acceptors (Lipinski definition) is 3. The SMILES string of the molecule is COC(=O)CC(NC(=O)Cc1c(F)cccc1Cl)c1ccccc1Cl. The van der Waals surface area contributed by atoms with E-state index < -0.39 is 23.7 Å². The van der Waals surface area contributed by atoms with Crippen LogP contribution in [-0.2, 0) is 20.7 Å². The zero-order chi connectivity index (χ0) is 18.4. The summed E-state index contributed by atoms with van der Waals surface area (Å²) in [4.78, 5) is 24.0. The molecule has 0 spiro atoms. The van der Waals surface area contributed by atoms with Crippen LogP contribution >= 0.6 is 23.2 Å². The van der Waals surface area contributed by atoms with E-state index >= 15 is 0 Å². The molecule has 1 atom stereocenters. The Morgan fingerprint density at radius 2 is 1.80 bits per heavy atom. The maximum atomic E-state index is 13.8. The lowest BCUT2D eigenvalue weighted by Crippen LogP contribution is -2.32. The Labute approximate surface area is 154 Å². The van der Waals surface area contributed by atoms with E-state index in [9.17, 15) is 14.0 Å². The van der Waals surface area contributed by atoms with Crippen molar-refractivity contribution in [1.29, 1.82) is 0 Å². The van der Waals surface area contributed by atoms with Crippen LogP contribution in [0.4, 0.5) is 4.39 Å².